The van der Waals surface area contributed by atoms with Gasteiger partial charge < -0.3 is 15.8 Å². The Hall–Kier alpha value is -1.63. The Balaban J connectivity index is 1.75. The van der Waals surface area contributed by atoms with Crippen molar-refractivity contribution in [2.75, 3.05) is 18.9 Å². The molecule has 2 rings (SSSR count). The molecule has 1 aromatic rings. The van der Waals surface area contributed by atoms with Gasteiger partial charge in [-0.1, -0.05) is 0 Å². The lowest BCUT2D eigenvalue weighted by Crippen LogP contribution is -2.41. The summed E-state index contributed by atoms with van der Waals surface area (Å²) in [7, 11) is 0. The maximum absolute atomic E-state index is 12.0. The highest BCUT2D eigenvalue weighted by Gasteiger charge is 2.32. The molecule has 4 N–H and O–H groups in total. The number of hydrogen-bond acceptors (Lipinski definition) is 5. The summed E-state index contributed by atoms with van der Waals surface area (Å²) in [4.78, 5) is 16.0. The van der Waals surface area contributed by atoms with Crippen LogP contribution in [0, 0.1) is 5.92 Å². The van der Waals surface area contributed by atoms with Crippen molar-refractivity contribution in [3.63, 3.8) is 0 Å². The van der Waals surface area contributed by atoms with Gasteiger partial charge in [0, 0.05) is 25.5 Å². The predicted octanol–water partition coefficient (Wildman–Crippen LogP) is 0.251. The molecule has 0 bridgehead atoms. The minimum atomic E-state index is -0.209. The van der Waals surface area contributed by atoms with Crippen molar-refractivity contribution >= 4 is 11.9 Å². The second kappa shape index (κ2) is 5.56. The molecule has 1 saturated heterocycles. The molecular weight excluding hydrogens is 246 g/mol. The minimum absolute atomic E-state index is 0.0311. The molecule has 0 radical (unpaired) electrons. The standard InChI is InChI=1S/C12H21N5O2/c1-12(2)7-8(4-6-19-12)10(18)14-5-3-9-15-11(13)17-16-9/h8H,3-7H2,1-2H3,(H,14,18)(H3,13,15,16,17)/t8-/m1/s1. The number of nitrogens with one attached hydrogen (secondary N) is 2. The number of nitrogens with zero attached hydrogens (tertiary/aromatic N) is 2. The molecule has 0 aromatic carbocycles. The topological polar surface area (TPSA) is 106 Å². The van der Waals surface area contributed by atoms with Gasteiger partial charge >= 0.3 is 0 Å². The summed E-state index contributed by atoms with van der Waals surface area (Å²) in [6.07, 6.45) is 2.14. The van der Waals surface area contributed by atoms with Crippen LogP contribution in [-0.4, -0.2) is 39.8 Å². The number of nitrogen functional groups attached to an aromatic ring is 1. The molecule has 7 nitrogen and oxygen atoms in total. The van der Waals surface area contributed by atoms with Crippen molar-refractivity contribution in [3.8, 4) is 0 Å². The quantitative estimate of drug-likeness (QED) is 0.725. The lowest BCUT2D eigenvalue weighted by Gasteiger charge is -2.34. The van der Waals surface area contributed by atoms with E-state index in [0.717, 1.165) is 12.8 Å². The number of amides is 1. The SMILES string of the molecule is CC1(C)C[C@H](C(=O)NCCc2nc(N)n[nH]2)CCO1. The van der Waals surface area contributed by atoms with Crippen LogP contribution >= 0.6 is 0 Å². The highest BCUT2D eigenvalue weighted by Crippen LogP contribution is 2.28. The first-order valence-corrected chi connectivity index (χ1v) is 6.55. The first-order chi connectivity index (χ1) is 8.96. The Labute approximate surface area is 112 Å². The van der Waals surface area contributed by atoms with Crippen molar-refractivity contribution in [3.05, 3.63) is 5.82 Å². The molecule has 106 valence electrons. The first kappa shape index (κ1) is 13.8. The van der Waals surface area contributed by atoms with Gasteiger partial charge in [0.05, 0.1) is 5.60 Å². The minimum Gasteiger partial charge on any atom is -0.376 e. The number of H-pyrrole nitrogens is 1. The second-order valence-corrected chi connectivity index (χ2v) is 5.48. The molecule has 1 atom stereocenters. The van der Waals surface area contributed by atoms with Gasteiger partial charge in [0.1, 0.15) is 5.82 Å². The van der Waals surface area contributed by atoms with E-state index in [4.69, 9.17) is 10.5 Å². The molecule has 1 amide bonds. The molecule has 0 spiro atoms. The summed E-state index contributed by atoms with van der Waals surface area (Å²) < 4.78 is 5.61. The number of rotatable bonds is 4. The zero-order valence-electron chi connectivity index (χ0n) is 11.4. The summed E-state index contributed by atoms with van der Waals surface area (Å²) in [5.74, 6) is 1.03. The molecule has 1 aliphatic rings. The van der Waals surface area contributed by atoms with Gasteiger partial charge in [0.15, 0.2) is 0 Å². The Kier molecular flexibility index (Phi) is 4.04. The van der Waals surface area contributed by atoms with E-state index in [1.165, 1.54) is 0 Å². The average molecular weight is 267 g/mol. The zero-order valence-corrected chi connectivity index (χ0v) is 11.4. The number of hydrogen-bond donors (Lipinski definition) is 3. The van der Waals surface area contributed by atoms with E-state index in [0.29, 0.717) is 25.4 Å². The van der Waals surface area contributed by atoms with E-state index >= 15 is 0 Å². The molecule has 19 heavy (non-hydrogen) atoms. The number of nitrogens with two attached hydrogens (primary N) is 1. The van der Waals surface area contributed by atoms with Crippen molar-refractivity contribution in [2.45, 2.75) is 38.7 Å². The third-order valence-corrected chi connectivity index (χ3v) is 3.28. The Morgan fingerprint density at radius 3 is 3.05 bits per heavy atom. The van der Waals surface area contributed by atoms with E-state index in [9.17, 15) is 4.79 Å². The van der Waals surface area contributed by atoms with Crippen molar-refractivity contribution in [1.29, 1.82) is 0 Å². The van der Waals surface area contributed by atoms with E-state index in [-0.39, 0.29) is 23.4 Å². The summed E-state index contributed by atoms with van der Waals surface area (Å²) in [5.41, 5.74) is 5.19. The number of aromatic nitrogens is 3. The molecule has 1 fully saturated rings. The van der Waals surface area contributed by atoms with Crippen LogP contribution in [0.25, 0.3) is 0 Å². The van der Waals surface area contributed by atoms with E-state index in [1.54, 1.807) is 0 Å². The van der Waals surface area contributed by atoms with Gasteiger partial charge in [-0.2, -0.15) is 4.98 Å². The first-order valence-electron chi connectivity index (χ1n) is 6.55. The van der Waals surface area contributed by atoms with Gasteiger partial charge in [-0.3, -0.25) is 9.89 Å². The number of carbonyl (C=O) groups excluding carboxylic acids is 1. The number of ether oxygens (including phenoxy) is 1. The maximum Gasteiger partial charge on any atom is 0.239 e. The lowest BCUT2D eigenvalue weighted by atomic mass is 9.88. The molecule has 2 heterocycles. The predicted molar refractivity (Wildman–Crippen MR) is 70.3 cm³/mol. The largest absolute Gasteiger partial charge is 0.376 e. The summed E-state index contributed by atoms with van der Waals surface area (Å²) >= 11 is 0. The lowest BCUT2D eigenvalue weighted by molar-refractivity contribution is -0.135. The Morgan fingerprint density at radius 1 is 1.63 bits per heavy atom. The van der Waals surface area contributed by atoms with E-state index < -0.39 is 0 Å². The van der Waals surface area contributed by atoms with Crippen molar-refractivity contribution in [2.24, 2.45) is 5.92 Å². The van der Waals surface area contributed by atoms with Gasteiger partial charge in [-0.25, -0.2) is 0 Å². The molecule has 1 aromatic heterocycles. The molecule has 1 aliphatic heterocycles. The highest BCUT2D eigenvalue weighted by molar-refractivity contribution is 5.78. The van der Waals surface area contributed by atoms with Crippen LogP contribution in [-0.2, 0) is 16.0 Å². The molecule has 0 saturated carbocycles. The van der Waals surface area contributed by atoms with Crippen LogP contribution in [0.5, 0.6) is 0 Å². The fraction of sp³-hybridized carbons (Fsp3) is 0.750. The van der Waals surface area contributed by atoms with E-state index in [1.807, 2.05) is 13.8 Å². The number of aromatic amines is 1. The van der Waals surface area contributed by atoms with Gasteiger partial charge in [-0.05, 0) is 26.7 Å². The van der Waals surface area contributed by atoms with Crippen molar-refractivity contribution in [1.82, 2.24) is 20.5 Å². The monoisotopic (exact) mass is 267 g/mol. The third kappa shape index (κ3) is 3.92. The van der Waals surface area contributed by atoms with Gasteiger partial charge in [0.25, 0.3) is 0 Å². The molecule has 0 aliphatic carbocycles. The van der Waals surface area contributed by atoms with Gasteiger partial charge in [-0.15, -0.1) is 5.10 Å². The molecular formula is C12H21N5O2. The maximum atomic E-state index is 12.0. The highest BCUT2D eigenvalue weighted by atomic mass is 16.5. The normalized spacial score (nSPS) is 22.1. The Bertz CT molecular complexity index is 443. The smallest absolute Gasteiger partial charge is 0.239 e. The van der Waals surface area contributed by atoms with Crippen LogP contribution in [0.2, 0.25) is 0 Å². The van der Waals surface area contributed by atoms with Crippen LogP contribution in [0.3, 0.4) is 0 Å². The molecule has 7 heteroatoms. The summed E-state index contributed by atoms with van der Waals surface area (Å²) in [6, 6.07) is 0. The van der Waals surface area contributed by atoms with Crippen LogP contribution in [0.4, 0.5) is 5.95 Å². The van der Waals surface area contributed by atoms with Crippen molar-refractivity contribution < 1.29 is 9.53 Å². The summed E-state index contributed by atoms with van der Waals surface area (Å²) in [5, 5.41) is 9.37. The van der Waals surface area contributed by atoms with Crippen LogP contribution in [0.1, 0.15) is 32.5 Å². The molecule has 0 unspecified atom stereocenters. The Morgan fingerprint density at radius 2 is 2.42 bits per heavy atom. The summed E-state index contributed by atoms with van der Waals surface area (Å²) in [6.45, 7) is 5.21. The number of anilines is 1. The van der Waals surface area contributed by atoms with Crippen LogP contribution < -0.4 is 11.1 Å². The van der Waals surface area contributed by atoms with E-state index in [2.05, 4.69) is 20.5 Å². The average Bonchev–Trinajstić information content (AvgIpc) is 2.73. The second-order valence-electron chi connectivity index (χ2n) is 5.48. The third-order valence-electron chi connectivity index (χ3n) is 3.28. The van der Waals surface area contributed by atoms with Gasteiger partial charge in [0.2, 0.25) is 11.9 Å². The number of carbonyl (C=O) groups is 1. The zero-order chi connectivity index (χ0) is 13.9. The van der Waals surface area contributed by atoms with Crippen LogP contribution in [0.15, 0.2) is 0 Å². The fourth-order valence-electron chi connectivity index (χ4n) is 2.33. The fourth-order valence-corrected chi connectivity index (χ4v) is 2.33.